The second kappa shape index (κ2) is 7.58. The molecule has 0 heterocycles. The molecule has 0 bridgehead atoms. The molecular weight excluding hydrogens is 288 g/mol. The molecule has 4 nitrogen and oxygen atoms in total. The molecule has 0 unspecified atom stereocenters. The third-order valence-electron chi connectivity index (χ3n) is 3.95. The van der Waals surface area contributed by atoms with E-state index >= 15 is 0 Å². The molecule has 0 saturated heterocycles. The Morgan fingerprint density at radius 3 is 2.17 bits per heavy atom. The zero-order valence-electron chi connectivity index (χ0n) is 13.3. The van der Waals surface area contributed by atoms with Crippen LogP contribution in [-0.4, -0.2) is 11.8 Å². The largest absolute Gasteiger partial charge is 0.366 e. The first kappa shape index (κ1) is 16.7. The standard InChI is InChI=1S/C19H22N2O2/c1-2-3-4-6-16-15(7-5-8-17(16)19(21)23)13-9-11-14(12-10-13)18(20)22/h5,7-12H,2-4,6H2,1H3,(H2,20,22)(H2,21,23). The molecule has 120 valence electrons. The maximum absolute atomic E-state index is 11.7. The van der Waals surface area contributed by atoms with Crippen molar-refractivity contribution >= 4 is 11.8 Å². The summed E-state index contributed by atoms with van der Waals surface area (Å²) in [6.07, 6.45) is 4.03. The fourth-order valence-corrected chi connectivity index (χ4v) is 2.72. The number of primary amides is 2. The van der Waals surface area contributed by atoms with Gasteiger partial charge in [-0.3, -0.25) is 9.59 Å². The van der Waals surface area contributed by atoms with Crippen LogP contribution in [0.5, 0.6) is 0 Å². The van der Waals surface area contributed by atoms with E-state index in [1.165, 1.54) is 0 Å². The van der Waals surface area contributed by atoms with Crippen LogP contribution in [-0.2, 0) is 6.42 Å². The second-order valence-electron chi connectivity index (χ2n) is 5.59. The van der Waals surface area contributed by atoms with Crippen molar-refractivity contribution in [2.24, 2.45) is 11.5 Å². The van der Waals surface area contributed by atoms with Gasteiger partial charge in [0.1, 0.15) is 0 Å². The lowest BCUT2D eigenvalue weighted by atomic mass is 9.91. The summed E-state index contributed by atoms with van der Waals surface area (Å²) in [7, 11) is 0. The molecule has 0 aromatic heterocycles. The lowest BCUT2D eigenvalue weighted by Gasteiger charge is -2.14. The summed E-state index contributed by atoms with van der Waals surface area (Å²) < 4.78 is 0. The van der Waals surface area contributed by atoms with E-state index in [-0.39, 0.29) is 0 Å². The molecule has 4 heteroatoms. The molecule has 4 N–H and O–H groups in total. The Hall–Kier alpha value is -2.62. The third-order valence-corrected chi connectivity index (χ3v) is 3.95. The van der Waals surface area contributed by atoms with Crippen molar-refractivity contribution < 1.29 is 9.59 Å². The van der Waals surface area contributed by atoms with Crippen LogP contribution in [0.1, 0.15) is 52.5 Å². The molecule has 0 saturated carbocycles. The minimum Gasteiger partial charge on any atom is -0.366 e. The van der Waals surface area contributed by atoms with E-state index < -0.39 is 11.8 Å². The number of carbonyl (C=O) groups excluding carboxylic acids is 2. The lowest BCUT2D eigenvalue weighted by molar-refractivity contribution is 0.0991. The number of amides is 2. The van der Waals surface area contributed by atoms with E-state index in [1.807, 2.05) is 24.3 Å². The number of hydrogen-bond donors (Lipinski definition) is 2. The lowest BCUT2D eigenvalue weighted by Crippen LogP contribution is -2.14. The minimum absolute atomic E-state index is 0.410. The molecule has 0 aliphatic heterocycles. The summed E-state index contributed by atoms with van der Waals surface area (Å²) in [6.45, 7) is 2.14. The average molecular weight is 310 g/mol. The highest BCUT2D eigenvalue weighted by Crippen LogP contribution is 2.28. The highest BCUT2D eigenvalue weighted by Gasteiger charge is 2.14. The third kappa shape index (κ3) is 3.97. The number of carbonyl (C=O) groups is 2. The molecule has 2 aromatic carbocycles. The summed E-state index contributed by atoms with van der Waals surface area (Å²) in [5.41, 5.74) is 14.7. The molecule has 0 radical (unpaired) electrons. The zero-order chi connectivity index (χ0) is 16.8. The predicted molar refractivity (Wildman–Crippen MR) is 92.1 cm³/mol. The number of unbranched alkanes of at least 4 members (excludes halogenated alkanes) is 2. The van der Waals surface area contributed by atoms with Crippen LogP contribution in [0.15, 0.2) is 42.5 Å². The minimum atomic E-state index is -0.453. The van der Waals surface area contributed by atoms with E-state index in [9.17, 15) is 9.59 Å². The van der Waals surface area contributed by atoms with Gasteiger partial charge in [-0.1, -0.05) is 44.0 Å². The first-order valence-electron chi connectivity index (χ1n) is 7.86. The van der Waals surface area contributed by atoms with Crippen molar-refractivity contribution in [3.05, 3.63) is 59.2 Å². The Kier molecular flexibility index (Phi) is 5.52. The maximum atomic E-state index is 11.7. The second-order valence-corrected chi connectivity index (χ2v) is 5.59. The summed E-state index contributed by atoms with van der Waals surface area (Å²) in [5, 5.41) is 0. The molecule has 0 fully saturated rings. The maximum Gasteiger partial charge on any atom is 0.248 e. The van der Waals surface area contributed by atoms with Crippen molar-refractivity contribution in [3.63, 3.8) is 0 Å². The van der Waals surface area contributed by atoms with Gasteiger partial charge in [0.15, 0.2) is 0 Å². The number of nitrogens with two attached hydrogens (primary N) is 2. The van der Waals surface area contributed by atoms with Gasteiger partial charge in [-0.2, -0.15) is 0 Å². The monoisotopic (exact) mass is 310 g/mol. The summed E-state index contributed by atoms with van der Waals surface area (Å²) in [6, 6.07) is 12.7. The van der Waals surface area contributed by atoms with Gasteiger partial charge >= 0.3 is 0 Å². The van der Waals surface area contributed by atoms with Gasteiger partial charge in [-0.05, 0) is 47.7 Å². The number of rotatable bonds is 7. The summed E-state index contributed by atoms with van der Waals surface area (Å²) >= 11 is 0. The van der Waals surface area contributed by atoms with E-state index in [0.717, 1.165) is 42.4 Å². The Bertz CT molecular complexity index is 706. The van der Waals surface area contributed by atoms with E-state index in [2.05, 4.69) is 6.92 Å². The molecule has 0 aliphatic carbocycles. The Morgan fingerprint density at radius 2 is 1.61 bits per heavy atom. The number of hydrogen-bond acceptors (Lipinski definition) is 2. The zero-order valence-corrected chi connectivity index (χ0v) is 13.3. The van der Waals surface area contributed by atoms with Crippen LogP contribution in [0, 0.1) is 0 Å². The first-order valence-corrected chi connectivity index (χ1v) is 7.86. The molecule has 0 atom stereocenters. The van der Waals surface area contributed by atoms with Gasteiger partial charge in [0.05, 0.1) is 0 Å². The average Bonchev–Trinajstić information content (AvgIpc) is 2.55. The Morgan fingerprint density at radius 1 is 0.913 bits per heavy atom. The quantitative estimate of drug-likeness (QED) is 0.769. The van der Waals surface area contributed by atoms with Crippen LogP contribution in [0.3, 0.4) is 0 Å². The molecule has 0 spiro atoms. The topological polar surface area (TPSA) is 86.2 Å². The van der Waals surface area contributed by atoms with E-state index in [4.69, 9.17) is 11.5 Å². The Labute approximate surface area is 136 Å². The molecule has 0 aliphatic rings. The van der Waals surface area contributed by atoms with Crippen molar-refractivity contribution in [2.45, 2.75) is 32.6 Å². The van der Waals surface area contributed by atoms with E-state index in [0.29, 0.717) is 11.1 Å². The highest BCUT2D eigenvalue weighted by atomic mass is 16.1. The van der Waals surface area contributed by atoms with Crippen molar-refractivity contribution in [1.29, 1.82) is 0 Å². The molecule has 23 heavy (non-hydrogen) atoms. The van der Waals surface area contributed by atoms with E-state index in [1.54, 1.807) is 18.2 Å². The van der Waals surface area contributed by atoms with Crippen LogP contribution in [0.2, 0.25) is 0 Å². The van der Waals surface area contributed by atoms with Crippen molar-refractivity contribution in [2.75, 3.05) is 0 Å². The normalized spacial score (nSPS) is 10.5. The fourth-order valence-electron chi connectivity index (χ4n) is 2.72. The van der Waals surface area contributed by atoms with Crippen molar-refractivity contribution in [3.8, 4) is 11.1 Å². The SMILES string of the molecule is CCCCCc1c(C(N)=O)cccc1-c1ccc(C(N)=O)cc1. The van der Waals surface area contributed by atoms with Crippen molar-refractivity contribution in [1.82, 2.24) is 0 Å². The highest BCUT2D eigenvalue weighted by molar-refractivity contribution is 5.97. The van der Waals surface area contributed by atoms with Crippen LogP contribution >= 0.6 is 0 Å². The van der Waals surface area contributed by atoms with Crippen LogP contribution in [0.4, 0.5) is 0 Å². The first-order chi connectivity index (χ1) is 11.0. The van der Waals surface area contributed by atoms with Gasteiger partial charge in [0, 0.05) is 11.1 Å². The number of benzene rings is 2. The molecule has 2 rings (SSSR count). The van der Waals surface area contributed by atoms with Gasteiger partial charge < -0.3 is 11.5 Å². The summed E-state index contributed by atoms with van der Waals surface area (Å²) in [4.78, 5) is 22.9. The molecule has 2 aromatic rings. The fraction of sp³-hybridized carbons (Fsp3) is 0.263. The smallest absolute Gasteiger partial charge is 0.248 e. The Balaban J connectivity index is 2.45. The molecular formula is C19H22N2O2. The molecule has 2 amide bonds. The van der Waals surface area contributed by atoms with Gasteiger partial charge in [0.25, 0.3) is 0 Å². The van der Waals surface area contributed by atoms with Gasteiger partial charge in [0.2, 0.25) is 11.8 Å². The van der Waals surface area contributed by atoms with Crippen LogP contribution < -0.4 is 11.5 Å². The summed E-state index contributed by atoms with van der Waals surface area (Å²) in [5.74, 6) is -0.863. The van der Waals surface area contributed by atoms with Gasteiger partial charge in [-0.15, -0.1) is 0 Å². The van der Waals surface area contributed by atoms with Gasteiger partial charge in [-0.25, -0.2) is 0 Å². The van der Waals surface area contributed by atoms with Crippen LogP contribution in [0.25, 0.3) is 11.1 Å². The predicted octanol–water partition coefficient (Wildman–Crippen LogP) is 3.28.